The minimum atomic E-state index is -0.204. The van der Waals surface area contributed by atoms with Gasteiger partial charge in [-0.15, -0.1) is 5.10 Å². The fourth-order valence-corrected chi connectivity index (χ4v) is 4.57. The molecule has 32 heavy (non-hydrogen) atoms. The standard InChI is InChI=1S/C24H14Cl2N4O2/c25-14-6-8-16(18(26)10-14)22-28-23-21-20(13-4-2-1-3-5-13)17-9-7-15(31)11-19(17)32-24(21)27-12-30(23)29-22/h1-12,20,31H/t20-/m0/s1. The van der Waals surface area contributed by atoms with Gasteiger partial charge in [-0.2, -0.15) is 0 Å². The summed E-state index contributed by atoms with van der Waals surface area (Å²) in [6.07, 6.45) is 1.56. The van der Waals surface area contributed by atoms with E-state index in [1.807, 2.05) is 36.4 Å². The van der Waals surface area contributed by atoms with Gasteiger partial charge in [0.15, 0.2) is 11.5 Å². The molecule has 3 aromatic carbocycles. The Bertz CT molecular complexity index is 1500. The van der Waals surface area contributed by atoms with Crippen molar-refractivity contribution in [3.05, 3.63) is 99.8 Å². The molecule has 0 unspecified atom stereocenters. The monoisotopic (exact) mass is 460 g/mol. The van der Waals surface area contributed by atoms with Gasteiger partial charge in [0.2, 0.25) is 5.88 Å². The molecule has 8 heteroatoms. The van der Waals surface area contributed by atoms with Crippen LogP contribution in [0.25, 0.3) is 17.0 Å². The summed E-state index contributed by atoms with van der Waals surface area (Å²) in [5, 5.41) is 15.6. The van der Waals surface area contributed by atoms with Crippen molar-refractivity contribution in [1.29, 1.82) is 0 Å². The van der Waals surface area contributed by atoms with E-state index in [4.69, 9.17) is 32.9 Å². The Kier molecular flexibility index (Phi) is 4.31. The van der Waals surface area contributed by atoms with Gasteiger partial charge >= 0.3 is 0 Å². The Morgan fingerprint density at radius 2 is 1.81 bits per heavy atom. The maximum Gasteiger partial charge on any atom is 0.228 e. The van der Waals surface area contributed by atoms with Crippen LogP contribution in [0.3, 0.4) is 0 Å². The van der Waals surface area contributed by atoms with Crippen molar-refractivity contribution in [1.82, 2.24) is 19.6 Å². The smallest absolute Gasteiger partial charge is 0.228 e. The van der Waals surface area contributed by atoms with Crippen LogP contribution >= 0.6 is 23.2 Å². The molecule has 156 valence electrons. The van der Waals surface area contributed by atoms with Crippen molar-refractivity contribution in [3.8, 4) is 28.8 Å². The highest BCUT2D eigenvalue weighted by molar-refractivity contribution is 6.36. The quantitative estimate of drug-likeness (QED) is 0.338. The van der Waals surface area contributed by atoms with E-state index < -0.39 is 0 Å². The molecule has 1 aliphatic heterocycles. The molecule has 0 amide bonds. The molecule has 0 saturated carbocycles. The second-order valence-corrected chi connectivity index (χ2v) is 8.30. The molecular weight excluding hydrogens is 447 g/mol. The zero-order valence-corrected chi connectivity index (χ0v) is 17.9. The van der Waals surface area contributed by atoms with Crippen LogP contribution in [0.1, 0.15) is 22.6 Å². The van der Waals surface area contributed by atoms with Crippen LogP contribution < -0.4 is 4.74 Å². The topological polar surface area (TPSA) is 72.5 Å². The summed E-state index contributed by atoms with van der Waals surface area (Å²) in [7, 11) is 0. The average molecular weight is 461 g/mol. The van der Waals surface area contributed by atoms with E-state index in [2.05, 4.69) is 10.1 Å². The van der Waals surface area contributed by atoms with Crippen molar-refractivity contribution in [2.75, 3.05) is 0 Å². The zero-order valence-electron chi connectivity index (χ0n) is 16.4. The highest BCUT2D eigenvalue weighted by atomic mass is 35.5. The molecule has 0 fully saturated rings. The zero-order chi connectivity index (χ0) is 21.8. The molecule has 0 aliphatic carbocycles. The van der Waals surface area contributed by atoms with Crippen molar-refractivity contribution in [2.24, 2.45) is 0 Å². The molecule has 2 aromatic heterocycles. The van der Waals surface area contributed by atoms with Crippen LogP contribution in [-0.2, 0) is 0 Å². The third-order valence-electron chi connectivity index (χ3n) is 5.50. The largest absolute Gasteiger partial charge is 0.508 e. The van der Waals surface area contributed by atoms with Crippen LogP contribution in [0.4, 0.5) is 0 Å². The summed E-state index contributed by atoms with van der Waals surface area (Å²) < 4.78 is 7.71. The van der Waals surface area contributed by atoms with Crippen LogP contribution in [0, 0.1) is 0 Å². The summed E-state index contributed by atoms with van der Waals surface area (Å²) in [4.78, 5) is 9.31. The summed E-state index contributed by atoms with van der Waals surface area (Å²) in [5.41, 5.74) is 4.04. The maximum absolute atomic E-state index is 9.99. The molecule has 0 radical (unpaired) electrons. The second-order valence-electron chi connectivity index (χ2n) is 7.46. The molecule has 6 rings (SSSR count). The number of benzene rings is 3. The first kappa shape index (κ1) is 19.1. The van der Waals surface area contributed by atoms with Gasteiger partial charge in [-0.25, -0.2) is 14.5 Å². The lowest BCUT2D eigenvalue weighted by Gasteiger charge is -2.27. The van der Waals surface area contributed by atoms with Crippen LogP contribution in [0.5, 0.6) is 17.4 Å². The van der Waals surface area contributed by atoms with Gasteiger partial charge in [0, 0.05) is 28.1 Å². The van der Waals surface area contributed by atoms with E-state index in [0.717, 1.165) is 16.7 Å². The van der Waals surface area contributed by atoms with Crippen molar-refractivity contribution in [3.63, 3.8) is 0 Å². The predicted octanol–water partition coefficient (Wildman–Crippen LogP) is 6.09. The van der Waals surface area contributed by atoms with E-state index in [1.165, 1.54) is 0 Å². The van der Waals surface area contributed by atoms with Gasteiger partial charge in [-0.1, -0.05) is 59.6 Å². The third-order valence-corrected chi connectivity index (χ3v) is 6.04. The molecule has 6 nitrogen and oxygen atoms in total. The Balaban J connectivity index is 1.61. The first-order chi connectivity index (χ1) is 15.6. The average Bonchev–Trinajstić information content (AvgIpc) is 3.22. The fourth-order valence-electron chi connectivity index (χ4n) is 4.08. The number of hydrogen-bond donors (Lipinski definition) is 1. The second kappa shape index (κ2) is 7.22. The Hall–Kier alpha value is -3.61. The highest BCUT2D eigenvalue weighted by Crippen LogP contribution is 2.48. The summed E-state index contributed by atoms with van der Waals surface area (Å²) >= 11 is 12.5. The minimum Gasteiger partial charge on any atom is -0.508 e. The number of phenolic OH excluding ortho intramolecular Hbond substituents is 1. The van der Waals surface area contributed by atoms with E-state index >= 15 is 0 Å². The number of nitrogens with zero attached hydrogens (tertiary/aromatic N) is 4. The number of fused-ring (bicyclic) bond motifs is 4. The highest BCUT2D eigenvalue weighted by Gasteiger charge is 2.33. The van der Waals surface area contributed by atoms with Crippen LogP contribution in [0.2, 0.25) is 10.0 Å². The number of ether oxygens (including phenoxy) is 1. The maximum atomic E-state index is 9.99. The van der Waals surface area contributed by atoms with E-state index in [0.29, 0.717) is 38.7 Å². The van der Waals surface area contributed by atoms with Crippen molar-refractivity contribution >= 4 is 28.8 Å². The SMILES string of the molecule is Oc1ccc2c(c1)Oc1ncn3nc(-c4ccc(Cl)cc4Cl)nc3c1[C@H]2c1ccccc1. The normalized spacial score (nSPS) is 14.6. The van der Waals surface area contributed by atoms with E-state index in [-0.39, 0.29) is 11.7 Å². The lowest BCUT2D eigenvalue weighted by Crippen LogP contribution is -2.14. The molecule has 1 atom stereocenters. The van der Waals surface area contributed by atoms with Gasteiger partial charge in [-0.3, -0.25) is 0 Å². The number of aromatic nitrogens is 4. The van der Waals surface area contributed by atoms with Gasteiger partial charge in [0.05, 0.1) is 10.6 Å². The van der Waals surface area contributed by atoms with Crippen LogP contribution in [0.15, 0.2) is 73.1 Å². The molecule has 0 bridgehead atoms. The molecule has 0 spiro atoms. The van der Waals surface area contributed by atoms with Gasteiger partial charge < -0.3 is 9.84 Å². The molecular formula is C24H14Cl2N4O2. The molecule has 1 N–H and O–H groups in total. The molecule has 5 aromatic rings. The van der Waals surface area contributed by atoms with Crippen LogP contribution in [-0.4, -0.2) is 24.7 Å². The number of aromatic hydroxyl groups is 1. The first-order valence-electron chi connectivity index (χ1n) is 9.85. The number of hydrogen-bond acceptors (Lipinski definition) is 5. The summed E-state index contributed by atoms with van der Waals surface area (Å²) in [6, 6.07) is 20.4. The lowest BCUT2D eigenvalue weighted by atomic mass is 9.84. The Morgan fingerprint density at radius 1 is 0.969 bits per heavy atom. The predicted molar refractivity (Wildman–Crippen MR) is 122 cm³/mol. The van der Waals surface area contributed by atoms with E-state index in [9.17, 15) is 5.11 Å². The summed E-state index contributed by atoms with van der Waals surface area (Å²) in [6.45, 7) is 0. The Morgan fingerprint density at radius 3 is 2.62 bits per heavy atom. The van der Waals surface area contributed by atoms with E-state index in [1.54, 1.807) is 41.2 Å². The van der Waals surface area contributed by atoms with Crippen molar-refractivity contribution < 1.29 is 9.84 Å². The Labute approximate surface area is 192 Å². The molecule has 1 aliphatic rings. The first-order valence-corrected chi connectivity index (χ1v) is 10.6. The van der Waals surface area contributed by atoms with Gasteiger partial charge in [0.1, 0.15) is 17.8 Å². The third kappa shape index (κ3) is 2.99. The fraction of sp³-hybridized carbons (Fsp3) is 0.0417. The minimum absolute atomic E-state index is 0.127. The lowest BCUT2D eigenvalue weighted by molar-refractivity contribution is 0.422. The number of halogens is 2. The van der Waals surface area contributed by atoms with Gasteiger partial charge in [-0.05, 0) is 29.8 Å². The summed E-state index contributed by atoms with van der Waals surface area (Å²) in [5.74, 6) is 1.37. The number of phenols is 1. The van der Waals surface area contributed by atoms with Gasteiger partial charge in [0.25, 0.3) is 0 Å². The van der Waals surface area contributed by atoms with Crippen molar-refractivity contribution in [2.45, 2.75) is 5.92 Å². The number of rotatable bonds is 2. The molecule has 3 heterocycles. The molecule has 0 saturated heterocycles.